The number of H-pyrrole nitrogens is 2. The minimum absolute atomic E-state index is 0.0000288. The molecule has 1 aliphatic carbocycles. The van der Waals surface area contributed by atoms with Crippen LogP contribution in [0.25, 0.3) is 39.0 Å². The van der Waals surface area contributed by atoms with Crippen molar-refractivity contribution in [3.63, 3.8) is 0 Å². The van der Waals surface area contributed by atoms with E-state index in [1.807, 2.05) is 60.7 Å². The molecule has 0 saturated carbocycles. The molecule has 2 N–H and O–H groups in total. The molecule has 4 aromatic rings. The van der Waals surface area contributed by atoms with Gasteiger partial charge in [0, 0.05) is 44.8 Å². The molecular weight excluding hydrogens is 440 g/mol. The Balaban J connectivity index is 1.78. The average Bonchev–Trinajstić information content (AvgIpc) is 3.44. The highest BCUT2D eigenvalue weighted by molar-refractivity contribution is 6.48. The molecule has 35 heavy (non-hydrogen) atoms. The van der Waals surface area contributed by atoms with E-state index in [2.05, 4.69) is 23.8 Å². The summed E-state index contributed by atoms with van der Waals surface area (Å²) in [7, 11) is 2.84. The number of carbonyl (C=O) groups is 2. The Bertz CT molecular complexity index is 1580. The Morgan fingerprint density at radius 3 is 2.09 bits per heavy atom. The minimum atomic E-state index is -0.396. The molecule has 176 valence electrons. The van der Waals surface area contributed by atoms with Crippen LogP contribution in [0.3, 0.4) is 0 Å². The predicted octanol–water partition coefficient (Wildman–Crippen LogP) is 5.89. The van der Waals surface area contributed by atoms with Gasteiger partial charge in [0.25, 0.3) is 0 Å². The number of para-hydroxylation sites is 2. The van der Waals surface area contributed by atoms with Crippen molar-refractivity contribution < 1.29 is 19.1 Å². The molecule has 0 bridgehead atoms. The van der Waals surface area contributed by atoms with E-state index in [9.17, 15) is 9.59 Å². The van der Waals surface area contributed by atoms with Crippen LogP contribution in [0.4, 0.5) is 0 Å². The Labute approximate surface area is 202 Å². The first kappa shape index (κ1) is 22.5. The number of methoxy groups -OCH3 is 2. The highest BCUT2D eigenvalue weighted by Gasteiger charge is 2.40. The van der Waals surface area contributed by atoms with Crippen LogP contribution in [0.1, 0.15) is 30.7 Å². The first-order chi connectivity index (χ1) is 17.0. The molecule has 0 saturated heterocycles. The third-order valence-electron chi connectivity index (χ3n) is 6.22. The van der Waals surface area contributed by atoms with E-state index in [1.165, 1.54) is 14.2 Å². The van der Waals surface area contributed by atoms with Crippen molar-refractivity contribution in [3.05, 3.63) is 89.1 Å². The number of carbonyl (C=O) groups excluding carboxylic acids is 2. The predicted molar refractivity (Wildman–Crippen MR) is 138 cm³/mol. The molecule has 2 aromatic heterocycles. The summed E-state index contributed by atoms with van der Waals surface area (Å²) in [5.74, 6) is -0.489. The Morgan fingerprint density at radius 1 is 0.800 bits per heavy atom. The van der Waals surface area contributed by atoms with Gasteiger partial charge in [0.2, 0.25) is 11.6 Å². The molecular formula is C29H26N2O4. The molecule has 0 unspecified atom stereocenters. The van der Waals surface area contributed by atoms with E-state index in [0.717, 1.165) is 27.5 Å². The van der Waals surface area contributed by atoms with Crippen LogP contribution in [0.2, 0.25) is 0 Å². The van der Waals surface area contributed by atoms with E-state index in [4.69, 9.17) is 9.47 Å². The second-order valence-electron chi connectivity index (χ2n) is 8.79. The number of fused-ring (bicyclic) bond motifs is 2. The lowest BCUT2D eigenvalue weighted by atomic mass is 9.84. The first-order valence-electron chi connectivity index (χ1n) is 11.5. The van der Waals surface area contributed by atoms with Crippen molar-refractivity contribution in [1.29, 1.82) is 0 Å². The zero-order valence-corrected chi connectivity index (χ0v) is 20.1. The molecule has 0 amide bonds. The molecule has 0 radical (unpaired) electrons. The van der Waals surface area contributed by atoms with Crippen molar-refractivity contribution >= 4 is 50.6 Å². The van der Waals surface area contributed by atoms with Gasteiger partial charge in [-0.1, -0.05) is 56.3 Å². The van der Waals surface area contributed by atoms with Crippen LogP contribution >= 0.6 is 0 Å². The van der Waals surface area contributed by atoms with Crippen LogP contribution in [0.5, 0.6) is 0 Å². The maximum absolute atomic E-state index is 14.0. The van der Waals surface area contributed by atoms with Crippen molar-refractivity contribution in [1.82, 2.24) is 9.97 Å². The Morgan fingerprint density at radius 2 is 1.40 bits per heavy atom. The topological polar surface area (TPSA) is 84.2 Å². The third kappa shape index (κ3) is 3.58. The fraction of sp³-hybridized carbons (Fsp3) is 0.172. The van der Waals surface area contributed by atoms with Crippen molar-refractivity contribution in [2.24, 2.45) is 5.92 Å². The van der Waals surface area contributed by atoms with Crippen LogP contribution in [-0.2, 0) is 19.1 Å². The molecule has 6 nitrogen and oxygen atoms in total. The first-order valence-corrected chi connectivity index (χ1v) is 11.5. The summed E-state index contributed by atoms with van der Waals surface area (Å²) in [6, 6.07) is 15.3. The fourth-order valence-electron chi connectivity index (χ4n) is 4.65. The van der Waals surface area contributed by atoms with E-state index < -0.39 is 11.6 Å². The van der Waals surface area contributed by atoms with E-state index in [-0.39, 0.29) is 22.7 Å². The number of benzene rings is 2. The van der Waals surface area contributed by atoms with Gasteiger partial charge in [-0.15, -0.1) is 0 Å². The zero-order chi connectivity index (χ0) is 24.7. The molecule has 5 rings (SSSR count). The largest absolute Gasteiger partial charge is 0.492 e. The summed E-state index contributed by atoms with van der Waals surface area (Å²) in [4.78, 5) is 34.5. The maximum atomic E-state index is 14.0. The summed E-state index contributed by atoms with van der Waals surface area (Å²) < 4.78 is 11.3. The lowest BCUT2D eigenvalue weighted by molar-refractivity contribution is -0.117. The standard InChI is InChI=1S/C29H26N2O4/c1-16(2)13-14-22-23(18-10-6-8-12-21(18)31-22)25-27(33)28(34-3)24(26(32)29(25)35-4)19-15-30-20-11-7-5-9-17(19)20/h5-16,30-31H,1-4H3. The van der Waals surface area contributed by atoms with E-state index in [0.29, 0.717) is 17.0 Å². The normalized spacial score (nSPS) is 14.9. The van der Waals surface area contributed by atoms with Gasteiger partial charge < -0.3 is 19.4 Å². The summed E-state index contributed by atoms with van der Waals surface area (Å²) in [6.07, 6.45) is 5.72. The van der Waals surface area contributed by atoms with E-state index >= 15 is 0 Å². The second-order valence-corrected chi connectivity index (χ2v) is 8.79. The number of nitrogens with one attached hydrogen (secondary N) is 2. The van der Waals surface area contributed by atoms with Crippen molar-refractivity contribution in [2.45, 2.75) is 13.8 Å². The van der Waals surface area contributed by atoms with Crippen LogP contribution in [0, 0.1) is 5.92 Å². The highest BCUT2D eigenvalue weighted by atomic mass is 16.5. The van der Waals surface area contributed by atoms with Gasteiger partial charge >= 0.3 is 0 Å². The molecule has 0 fully saturated rings. The average molecular weight is 467 g/mol. The summed E-state index contributed by atoms with van der Waals surface area (Å²) in [5, 5.41) is 1.65. The van der Waals surface area contributed by atoms with Gasteiger partial charge in [-0.05, 0) is 24.1 Å². The fourth-order valence-corrected chi connectivity index (χ4v) is 4.65. The van der Waals surface area contributed by atoms with E-state index in [1.54, 1.807) is 6.20 Å². The van der Waals surface area contributed by atoms with Crippen molar-refractivity contribution in [3.8, 4) is 0 Å². The van der Waals surface area contributed by atoms with Gasteiger partial charge in [-0.25, -0.2) is 0 Å². The smallest absolute Gasteiger partial charge is 0.232 e. The molecule has 1 aliphatic rings. The second kappa shape index (κ2) is 8.80. The van der Waals surface area contributed by atoms with Gasteiger partial charge in [-0.3, -0.25) is 9.59 Å². The number of hydrogen-bond donors (Lipinski definition) is 2. The Hall–Kier alpha value is -4.32. The van der Waals surface area contributed by atoms with Crippen molar-refractivity contribution in [2.75, 3.05) is 14.2 Å². The molecule has 0 aliphatic heterocycles. The molecule has 6 heteroatoms. The highest BCUT2D eigenvalue weighted by Crippen LogP contribution is 2.41. The maximum Gasteiger partial charge on any atom is 0.232 e. The number of Topliss-reactive ketones (excluding diaryl/α,β-unsaturated/α-hetero) is 2. The number of aromatic nitrogens is 2. The van der Waals surface area contributed by atoms with Crippen LogP contribution < -0.4 is 0 Å². The number of ketones is 2. The number of ether oxygens (including phenoxy) is 2. The van der Waals surface area contributed by atoms with Gasteiger partial charge in [0.05, 0.1) is 25.4 Å². The van der Waals surface area contributed by atoms with Gasteiger partial charge in [0.1, 0.15) is 0 Å². The molecule has 2 aromatic carbocycles. The lowest BCUT2D eigenvalue weighted by Gasteiger charge is -2.22. The van der Waals surface area contributed by atoms with Crippen LogP contribution in [-0.4, -0.2) is 35.8 Å². The Kier molecular flexibility index (Phi) is 5.65. The summed E-state index contributed by atoms with van der Waals surface area (Å²) in [6.45, 7) is 4.15. The minimum Gasteiger partial charge on any atom is -0.492 e. The summed E-state index contributed by atoms with van der Waals surface area (Å²) in [5.41, 5.74) is 4.06. The monoisotopic (exact) mass is 466 g/mol. The van der Waals surface area contributed by atoms with Gasteiger partial charge in [-0.2, -0.15) is 0 Å². The number of allylic oxidation sites excluding steroid dienone is 3. The molecule has 0 atom stereocenters. The number of hydrogen-bond acceptors (Lipinski definition) is 4. The number of rotatable bonds is 6. The summed E-state index contributed by atoms with van der Waals surface area (Å²) >= 11 is 0. The number of aromatic amines is 2. The molecule has 2 heterocycles. The zero-order valence-electron chi connectivity index (χ0n) is 20.1. The SMILES string of the molecule is COC1=C(c2c[nH]c3ccccc23)C(=O)C(OC)=C(c2c(C=CC(C)C)[nH]c3ccccc23)C1=O. The lowest BCUT2D eigenvalue weighted by Crippen LogP contribution is -2.25. The third-order valence-corrected chi connectivity index (χ3v) is 6.22. The molecule has 0 spiro atoms. The quantitative estimate of drug-likeness (QED) is 0.347. The van der Waals surface area contributed by atoms with Crippen LogP contribution in [0.15, 0.2) is 72.3 Å². The van der Waals surface area contributed by atoms with Gasteiger partial charge in [0.15, 0.2) is 11.5 Å².